The molecule has 0 N–H and O–H groups in total. The lowest BCUT2D eigenvalue weighted by molar-refractivity contribution is 1.45. The molecular formula is C7H7B2N. The summed E-state index contributed by atoms with van der Waals surface area (Å²) in [5.74, 6) is 0. The van der Waals surface area contributed by atoms with Crippen molar-refractivity contribution in [1.82, 2.24) is 0 Å². The maximum Gasteiger partial charge on any atom is 0.209 e. The fourth-order valence-electron chi connectivity index (χ4n) is 0.789. The average Bonchev–Trinajstić information content (AvgIpc) is 1.88. The fraction of sp³-hybridized carbons (Fsp3) is 0.143. The van der Waals surface area contributed by atoms with Crippen molar-refractivity contribution < 1.29 is 0 Å². The van der Waals surface area contributed by atoms with E-state index in [1.165, 1.54) is 0 Å². The molecule has 1 nitrogen and oxygen atoms in total. The van der Waals surface area contributed by atoms with Crippen LogP contribution in [0, 0.1) is 6.92 Å². The molecule has 0 bridgehead atoms. The van der Waals surface area contributed by atoms with Crippen molar-refractivity contribution in [1.29, 1.82) is 0 Å². The Balaban J connectivity index is 2.96. The van der Waals surface area contributed by atoms with Crippen molar-refractivity contribution in [2.45, 2.75) is 6.92 Å². The molecule has 46 valence electrons. The van der Waals surface area contributed by atoms with Gasteiger partial charge in [-0.1, -0.05) is 12.1 Å². The number of anilines is 1. The molecule has 0 saturated carbocycles. The molecule has 3 heteroatoms. The predicted molar refractivity (Wildman–Crippen MR) is 45.2 cm³/mol. The van der Waals surface area contributed by atoms with Crippen LogP contribution in [-0.2, 0) is 0 Å². The van der Waals surface area contributed by atoms with E-state index in [9.17, 15) is 0 Å². The molecule has 0 aromatic heterocycles. The van der Waals surface area contributed by atoms with E-state index >= 15 is 0 Å². The number of nitrogens with zero attached hydrogens (tertiary/aromatic N) is 1. The van der Waals surface area contributed by atoms with E-state index in [1.54, 1.807) is 0 Å². The zero-order valence-electron chi connectivity index (χ0n) is 5.91. The highest BCUT2D eigenvalue weighted by Gasteiger charge is 1.91. The molecule has 10 heavy (non-hydrogen) atoms. The summed E-state index contributed by atoms with van der Waals surface area (Å²) in [5, 5.41) is 0. The van der Waals surface area contributed by atoms with Gasteiger partial charge in [0.1, 0.15) is 0 Å². The molecular weight excluding hydrogens is 120 g/mol. The van der Waals surface area contributed by atoms with Crippen molar-refractivity contribution >= 4 is 21.6 Å². The minimum absolute atomic E-state index is 0.819. The summed E-state index contributed by atoms with van der Waals surface area (Å²) >= 11 is 0. The van der Waals surface area contributed by atoms with E-state index in [4.69, 9.17) is 16.0 Å². The van der Waals surface area contributed by atoms with Crippen LogP contribution in [0.3, 0.4) is 0 Å². The highest BCUT2D eigenvalue weighted by molar-refractivity contribution is 6.41. The molecule has 0 aliphatic heterocycles. The van der Waals surface area contributed by atoms with Crippen LogP contribution >= 0.6 is 0 Å². The van der Waals surface area contributed by atoms with Crippen LogP contribution in [0.15, 0.2) is 24.3 Å². The van der Waals surface area contributed by atoms with Crippen molar-refractivity contribution in [3.63, 3.8) is 0 Å². The maximum absolute atomic E-state index is 5.29. The number of aryl methyl sites for hydroxylation is 1. The Morgan fingerprint density at radius 3 is 2.40 bits per heavy atom. The lowest BCUT2D eigenvalue weighted by atomic mass is 10.1. The Hall–Kier alpha value is -0.850. The van der Waals surface area contributed by atoms with Crippen LogP contribution < -0.4 is 4.72 Å². The van der Waals surface area contributed by atoms with Gasteiger partial charge in [0.15, 0.2) is 0 Å². The largest absolute Gasteiger partial charge is 0.479 e. The van der Waals surface area contributed by atoms with E-state index in [1.807, 2.05) is 31.2 Å². The minimum atomic E-state index is 0.819. The monoisotopic (exact) mass is 127 g/mol. The van der Waals surface area contributed by atoms with Gasteiger partial charge >= 0.3 is 0 Å². The molecule has 1 aromatic rings. The molecule has 0 spiro atoms. The lowest BCUT2D eigenvalue weighted by Gasteiger charge is -2.13. The van der Waals surface area contributed by atoms with E-state index in [2.05, 4.69) is 0 Å². The first-order valence-corrected chi connectivity index (χ1v) is 3.06. The number of benzene rings is 1. The zero-order valence-corrected chi connectivity index (χ0v) is 5.91. The second-order valence-electron chi connectivity index (χ2n) is 2.25. The molecule has 1 rings (SSSR count). The smallest absolute Gasteiger partial charge is 0.209 e. The van der Waals surface area contributed by atoms with E-state index < -0.39 is 0 Å². The van der Waals surface area contributed by atoms with Gasteiger partial charge in [0.2, 0.25) is 16.0 Å². The quantitative estimate of drug-likeness (QED) is 0.507. The van der Waals surface area contributed by atoms with Crippen molar-refractivity contribution in [3.8, 4) is 0 Å². The Kier molecular flexibility index (Phi) is 2.05. The summed E-state index contributed by atoms with van der Waals surface area (Å²) in [7, 11) is 10.6. The highest BCUT2D eigenvalue weighted by atomic mass is 14.9. The van der Waals surface area contributed by atoms with Crippen molar-refractivity contribution in [2.24, 2.45) is 0 Å². The van der Waals surface area contributed by atoms with E-state index in [0.29, 0.717) is 0 Å². The molecule has 0 aliphatic carbocycles. The first-order chi connectivity index (χ1) is 4.70. The Morgan fingerprint density at radius 1 is 1.30 bits per heavy atom. The summed E-state index contributed by atoms with van der Waals surface area (Å²) < 4.78 is 1.10. The highest BCUT2D eigenvalue weighted by Crippen LogP contribution is 2.10. The summed E-state index contributed by atoms with van der Waals surface area (Å²) in [4.78, 5) is 0. The van der Waals surface area contributed by atoms with Gasteiger partial charge in [-0.05, 0) is 24.6 Å². The minimum Gasteiger partial charge on any atom is -0.479 e. The molecule has 0 atom stereocenters. The van der Waals surface area contributed by atoms with Gasteiger partial charge in [-0.3, -0.25) is 0 Å². The molecule has 0 heterocycles. The standard InChI is InChI=1S/C7H7B2N/c1-6-3-2-4-7(5-6)10(8)9/h2-5H,1H3. The van der Waals surface area contributed by atoms with Crippen LogP contribution in [0.2, 0.25) is 0 Å². The normalized spacial score (nSPS) is 9.30. The second-order valence-corrected chi connectivity index (χ2v) is 2.25. The summed E-state index contributed by atoms with van der Waals surface area (Å²) in [6, 6.07) is 7.68. The van der Waals surface area contributed by atoms with Gasteiger partial charge in [0.05, 0.1) is 0 Å². The van der Waals surface area contributed by atoms with Gasteiger partial charge in [0, 0.05) is 5.69 Å². The molecule has 1 aromatic carbocycles. The van der Waals surface area contributed by atoms with Gasteiger partial charge in [-0.25, -0.2) is 0 Å². The first-order valence-electron chi connectivity index (χ1n) is 3.06. The third-order valence-electron chi connectivity index (χ3n) is 1.30. The first kappa shape index (κ1) is 7.26. The molecule has 4 radical (unpaired) electrons. The summed E-state index contributed by atoms with van der Waals surface area (Å²) in [6.45, 7) is 1.99. The zero-order chi connectivity index (χ0) is 7.56. The SMILES string of the molecule is [B]N([B])c1cccc(C)c1. The van der Waals surface area contributed by atoms with E-state index in [-0.39, 0.29) is 0 Å². The van der Waals surface area contributed by atoms with Gasteiger partial charge in [-0.2, -0.15) is 0 Å². The van der Waals surface area contributed by atoms with Crippen LogP contribution in [0.4, 0.5) is 5.69 Å². The third kappa shape index (κ3) is 1.56. The molecule has 0 amide bonds. The predicted octanol–water partition coefficient (Wildman–Crippen LogP) is 0.968. The fourth-order valence-corrected chi connectivity index (χ4v) is 0.789. The molecule has 0 aliphatic rings. The number of rotatable bonds is 1. The summed E-state index contributed by atoms with van der Waals surface area (Å²) in [6.07, 6.45) is 0. The maximum atomic E-state index is 5.29. The van der Waals surface area contributed by atoms with E-state index in [0.717, 1.165) is 16.0 Å². The van der Waals surface area contributed by atoms with Crippen LogP contribution in [0.5, 0.6) is 0 Å². The van der Waals surface area contributed by atoms with Gasteiger partial charge in [-0.15, -0.1) is 0 Å². The summed E-state index contributed by atoms with van der Waals surface area (Å²) in [5.41, 5.74) is 1.97. The lowest BCUT2D eigenvalue weighted by Crippen LogP contribution is -2.13. The molecule has 0 unspecified atom stereocenters. The van der Waals surface area contributed by atoms with Crippen LogP contribution in [0.25, 0.3) is 0 Å². The van der Waals surface area contributed by atoms with Crippen molar-refractivity contribution in [2.75, 3.05) is 4.72 Å². The van der Waals surface area contributed by atoms with Crippen LogP contribution in [-0.4, -0.2) is 16.0 Å². The molecule has 0 fully saturated rings. The number of hydrogen-bond donors (Lipinski definition) is 0. The Bertz CT molecular complexity index is 223. The molecule has 0 saturated heterocycles. The van der Waals surface area contributed by atoms with Gasteiger partial charge < -0.3 is 4.72 Å². The Morgan fingerprint density at radius 2 is 2.00 bits per heavy atom. The van der Waals surface area contributed by atoms with Crippen molar-refractivity contribution in [3.05, 3.63) is 29.8 Å². The Labute approximate surface area is 63.9 Å². The second kappa shape index (κ2) is 2.82. The third-order valence-corrected chi connectivity index (χ3v) is 1.30. The van der Waals surface area contributed by atoms with Crippen LogP contribution in [0.1, 0.15) is 5.56 Å². The average molecular weight is 127 g/mol. The number of hydrogen-bond acceptors (Lipinski definition) is 1. The topological polar surface area (TPSA) is 3.24 Å². The van der Waals surface area contributed by atoms with Gasteiger partial charge in [0.25, 0.3) is 0 Å².